The Hall–Kier alpha value is -3.76. The summed E-state index contributed by atoms with van der Waals surface area (Å²) in [5, 5.41) is 19.9. The molecule has 1 aromatic heterocycles. The number of aliphatic hydroxyl groups is 1. The third-order valence-electron chi connectivity index (χ3n) is 9.10. The number of benzene rings is 1. The van der Waals surface area contributed by atoms with E-state index in [9.17, 15) is 31.1 Å². The molecular formula is C36H54F6N6O4. The van der Waals surface area contributed by atoms with Crippen LogP contribution >= 0.6 is 0 Å². The van der Waals surface area contributed by atoms with Crippen molar-refractivity contribution in [3.63, 3.8) is 0 Å². The Morgan fingerprint density at radius 2 is 1.52 bits per heavy atom. The summed E-state index contributed by atoms with van der Waals surface area (Å²) in [6, 6.07) is 1.74. The van der Waals surface area contributed by atoms with Gasteiger partial charge in [0.15, 0.2) is 0 Å². The van der Waals surface area contributed by atoms with Crippen molar-refractivity contribution < 1.29 is 46.1 Å². The number of aliphatic hydroxyl groups excluding tert-OH is 1. The van der Waals surface area contributed by atoms with Crippen LogP contribution in [0.3, 0.4) is 0 Å². The van der Waals surface area contributed by atoms with Crippen molar-refractivity contribution in [1.29, 1.82) is 0 Å². The summed E-state index contributed by atoms with van der Waals surface area (Å²) in [6.07, 6.45) is 3.83. The van der Waals surface area contributed by atoms with Crippen molar-refractivity contribution in [3.05, 3.63) is 59.0 Å². The molecule has 1 aliphatic carbocycles. The highest BCUT2D eigenvalue weighted by atomic mass is 19.4. The third kappa shape index (κ3) is 15.1. The quantitative estimate of drug-likeness (QED) is 0.149. The number of carboxylic acid groups (broad SMARTS) is 1. The molecule has 2 aliphatic rings. The lowest BCUT2D eigenvalue weighted by Gasteiger charge is -2.30. The second-order valence-electron chi connectivity index (χ2n) is 12.8. The first kappa shape index (κ1) is 46.3. The maximum absolute atomic E-state index is 13.5. The van der Waals surface area contributed by atoms with E-state index in [-0.39, 0.29) is 42.7 Å². The first-order valence-corrected chi connectivity index (χ1v) is 17.2. The number of likely N-dealkylation sites (N-methyl/N-ethyl adjacent to an activating group) is 2. The number of aromatic nitrogens is 2. The Morgan fingerprint density at radius 1 is 0.981 bits per heavy atom. The number of hydrogen-bond donors (Lipinski definition) is 4. The highest BCUT2D eigenvalue weighted by molar-refractivity contribution is 5.65. The molecule has 2 unspecified atom stereocenters. The molecule has 0 radical (unpaired) electrons. The fraction of sp³-hybridized carbons (Fsp3) is 0.611. The van der Waals surface area contributed by atoms with Gasteiger partial charge < -0.3 is 35.4 Å². The SMILES string of the molecule is CC1CCC(CC=O)CC1.CCC1CC(N(Cc2cc(C(F)(F)F)cc(C(F)(F)F)c2)c2ncc(/C(=C/NC)CNC)cn2)CN1C.CO.O=CO. The van der Waals surface area contributed by atoms with Crippen molar-refractivity contribution in [2.75, 3.05) is 46.2 Å². The number of aldehydes is 1. The van der Waals surface area contributed by atoms with Gasteiger partial charge in [-0.2, -0.15) is 26.3 Å². The number of halogens is 6. The lowest BCUT2D eigenvalue weighted by molar-refractivity contribution is -0.143. The maximum Gasteiger partial charge on any atom is 0.416 e. The van der Waals surface area contributed by atoms with Gasteiger partial charge in [-0.1, -0.05) is 26.7 Å². The van der Waals surface area contributed by atoms with Gasteiger partial charge in [0.2, 0.25) is 5.95 Å². The van der Waals surface area contributed by atoms with Crippen LogP contribution in [0.2, 0.25) is 0 Å². The van der Waals surface area contributed by atoms with E-state index in [2.05, 4.69) is 32.4 Å². The van der Waals surface area contributed by atoms with Crippen molar-refractivity contribution in [1.82, 2.24) is 25.5 Å². The van der Waals surface area contributed by atoms with Crippen LogP contribution in [0.5, 0.6) is 0 Å². The molecule has 16 heteroatoms. The number of carbonyl (C=O) groups is 2. The van der Waals surface area contributed by atoms with Crippen molar-refractivity contribution in [3.8, 4) is 0 Å². The molecule has 1 saturated heterocycles. The number of carbonyl (C=O) groups excluding carboxylic acids is 1. The molecule has 52 heavy (non-hydrogen) atoms. The van der Waals surface area contributed by atoms with Gasteiger partial charge in [-0.15, -0.1) is 0 Å². The molecule has 1 aliphatic heterocycles. The van der Waals surface area contributed by atoms with Crippen molar-refractivity contribution in [2.24, 2.45) is 11.8 Å². The number of rotatable bonds is 11. The van der Waals surface area contributed by atoms with Crippen LogP contribution in [0.15, 0.2) is 36.8 Å². The second-order valence-corrected chi connectivity index (χ2v) is 12.8. The van der Waals surface area contributed by atoms with Gasteiger partial charge in [-0.05, 0) is 81.0 Å². The number of nitrogens with one attached hydrogen (secondary N) is 2. The van der Waals surface area contributed by atoms with Crippen LogP contribution in [0.25, 0.3) is 5.57 Å². The van der Waals surface area contributed by atoms with Crippen molar-refractivity contribution in [2.45, 2.75) is 89.8 Å². The molecule has 4 rings (SSSR count). The molecule has 0 amide bonds. The van der Waals surface area contributed by atoms with Gasteiger partial charge in [0.05, 0.1) is 11.1 Å². The van der Waals surface area contributed by atoms with E-state index in [4.69, 9.17) is 15.0 Å². The van der Waals surface area contributed by atoms with Crippen LogP contribution < -0.4 is 15.5 Å². The molecule has 2 heterocycles. The minimum absolute atomic E-state index is 0.108. The van der Waals surface area contributed by atoms with E-state index in [1.54, 1.807) is 37.6 Å². The molecule has 2 aromatic rings. The molecule has 10 nitrogen and oxygen atoms in total. The zero-order chi connectivity index (χ0) is 39.5. The fourth-order valence-corrected chi connectivity index (χ4v) is 6.36. The Kier molecular flexibility index (Phi) is 20.5. The third-order valence-corrected chi connectivity index (χ3v) is 9.10. The zero-order valence-corrected chi connectivity index (χ0v) is 30.8. The van der Waals surface area contributed by atoms with Gasteiger partial charge in [0, 0.05) is 76.5 Å². The maximum atomic E-state index is 13.5. The molecular weight excluding hydrogens is 694 g/mol. The lowest BCUT2D eigenvalue weighted by Crippen LogP contribution is -2.38. The van der Waals surface area contributed by atoms with E-state index in [1.807, 2.05) is 14.0 Å². The molecule has 4 N–H and O–H groups in total. The van der Waals surface area contributed by atoms with Gasteiger partial charge in [-0.25, -0.2) is 9.97 Å². The second kappa shape index (κ2) is 23.0. The van der Waals surface area contributed by atoms with Gasteiger partial charge in [0.25, 0.3) is 6.47 Å². The van der Waals surface area contributed by atoms with E-state index in [0.717, 1.165) is 55.4 Å². The first-order valence-electron chi connectivity index (χ1n) is 17.2. The summed E-state index contributed by atoms with van der Waals surface area (Å²) in [5.41, 5.74) is -1.15. The standard InChI is InChI=1S/C25H32F6N6.C9H16O.CH2O2.CH4O/c1-5-21-9-22(15-36(21)4)37(23-34-12-18(13-35-23)17(10-32-2)11-33-3)14-16-6-19(24(26,27)28)8-20(7-16)25(29,30)31;1-8-2-4-9(5-3-8)6-7-10;2-1-3;1-2/h6-8,10,12-13,21-22,32-33H,5,9,11,14-15H2,1-4H3;7-9H,2-6H2,1H3;1H,(H,2,3);2H,1H3/b17-10+;;;. The summed E-state index contributed by atoms with van der Waals surface area (Å²) in [5.74, 6) is 1.87. The van der Waals surface area contributed by atoms with Crippen LogP contribution in [-0.4, -0.2) is 91.3 Å². The van der Waals surface area contributed by atoms with Gasteiger partial charge >= 0.3 is 12.4 Å². The summed E-state index contributed by atoms with van der Waals surface area (Å²) < 4.78 is 80.8. The Morgan fingerprint density at radius 3 is 1.94 bits per heavy atom. The normalized spacial score (nSPS) is 20.6. The summed E-state index contributed by atoms with van der Waals surface area (Å²) in [7, 11) is 6.51. The van der Waals surface area contributed by atoms with Crippen LogP contribution in [0, 0.1) is 11.8 Å². The summed E-state index contributed by atoms with van der Waals surface area (Å²) in [6.45, 7) is 5.02. The average molecular weight is 749 g/mol. The number of hydrogen-bond acceptors (Lipinski definition) is 9. The molecule has 1 saturated carbocycles. The Bertz CT molecular complexity index is 1320. The van der Waals surface area contributed by atoms with Crippen LogP contribution in [0.1, 0.15) is 81.0 Å². The van der Waals surface area contributed by atoms with E-state index in [0.29, 0.717) is 25.4 Å². The summed E-state index contributed by atoms with van der Waals surface area (Å²) in [4.78, 5) is 31.3. The van der Waals surface area contributed by atoms with Gasteiger partial charge in [-0.3, -0.25) is 4.79 Å². The predicted molar refractivity (Wildman–Crippen MR) is 189 cm³/mol. The minimum Gasteiger partial charge on any atom is -0.483 e. The zero-order valence-electron chi connectivity index (χ0n) is 30.8. The van der Waals surface area contributed by atoms with E-state index >= 15 is 0 Å². The smallest absolute Gasteiger partial charge is 0.416 e. The minimum atomic E-state index is -4.91. The predicted octanol–water partition coefficient (Wildman–Crippen LogP) is 6.49. The summed E-state index contributed by atoms with van der Waals surface area (Å²) >= 11 is 0. The lowest BCUT2D eigenvalue weighted by atomic mass is 9.82. The van der Waals surface area contributed by atoms with Crippen LogP contribution in [-0.2, 0) is 28.5 Å². The van der Waals surface area contributed by atoms with Crippen molar-refractivity contribution >= 4 is 24.3 Å². The molecule has 294 valence electrons. The molecule has 0 spiro atoms. The number of alkyl halides is 6. The molecule has 2 fully saturated rings. The first-order chi connectivity index (χ1) is 24.6. The molecule has 2 atom stereocenters. The number of anilines is 1. The average Bonchev–Trinajstić information content (AvgIpc) is 3.49. The highest BCUT2D eigenvalue weighted by Gasteiger charge is 2.38. The van der Waals surface area contributed by atoms with Gasteiger partial charge in [0.1, 0.15) is 6.29 Å². The topological polar surface area (TPSA) is 131 Å². The largest absolute Gasteiger partial charge is 0.483 e. The number of likely N-dealkylation sites (tertiary alicyclic amines) is 1. The number of nitrogens with zero attached hydrogens (tertiary/aromatic N) is 4. The van der Waals surface area contributed by atoms with E-state index < -0.39 is 23.5 Å². The monoisotopic (exact) mass is 748 g/mol. The molecule has 1 aromatic carbocycles. The highest BCUT2D eigenvalue weighted by Crippen LogP contribution is 2.37. The fourth-order valence-electron chi connectivity index (χ4n) is 6.36. The Labute approximate surface area is 302 Å². The van der Waals surface area contributed by atoms with Crippen LogP contribution in [0.4, 0.5) is 32.3 Å². The Balaban J connectivity index is 0.000000754. The molecule has 0 bridgehead atoms. The van der Waals surface area contributed by atoms with E-state index in [1.165, 1.54) is 25.7 Å².